The molecular formula is C19H18O6. The van der Waals surface area contributed by atoms with Gasteiger partial charge < -0.3 is 18.6 Å². The molecule has 0 spiro atoms. The first-order chi connectivity index (χ1) is 12.0. The molecule has 2 aromatic rings. The predicted octanol–water partition coefficient (Wildman–Crippen LogP) is 3.40. The largest absolute Gasteiger partial charge is 0.493 e. The minimum absolute atomic E-state index is 0.267. The zero-order valence-electron chi connectivity index (χ0n) is 14.1. The Balaban J connectivity index is 2.08. The number of esters is 2. The molecule has 25 heavy (non-hydrogen) atoms. The van der Waals surface area contributed by atoms with Crippen LogP contribution >= 0.6 is 0 Å². The molecule has 6 nitrogen and oxygen atoms in total. The standard InChI is InChI=1S/C19H18O6/c1-13-4-7-15(24-13)8-11-19(21)25-16-9-5-14(12-17(16)22-2)6-10-18(20)23-3/h4-12H,1-3H3/b10-6+,11-8+. The number of carbonyl (C=O) groups is 2. The average molecular weight is 342 g/mol. The van der Waals surface area contributed by atoms with Crippen molar-refractivity contribution < 1.29 is 28.2 Å². The fraction of sp³-hybridized carbons (Fsp3) is 0.158. The lowest BCUT2D eigenvalue weighted by Gasteiger charge is -2.08. The number of benzene rings is 1. The smallest absolute Gasteiger partial charge is 0.336 e. The van der Waals surface area contributed by atoms with Crippen LogP contribution in [0.2, 0.25) is 0 Å². The van der Waals surface area contributed by atoms with Gasteiger partial charge in [-0.25, -0.2) is 9.59 Å². The number of furan rings is 1. The highest BCUT2D eigenvalue weighted by Gasteiger charge is 2.09. The Bertz CT molecular complexity index is 813. The minimum atomic E-state index is -0.565. The number of methoxy groups -OCH3 is 2. The Hall–Kier alpha value is -3.28. The van der Waals surface area contributed by atoms with Crippen molar-refractivity contribution in [2.24, 2.45) is 0 Å². The maximum Gasteiger partial charge on any atom is 0.336 e. The van der Waals surface area contributed by atoms with E-state index in [2.05, 4.69) is 4.74 Å². The van der Waals surface area contributed by atoms with Crippen molar-refractivity contribution in [2.45, 2.75) is 6.92 Å². The van der Waals surface area contributed by atoms with Gasteiger partial charge in [0.2, 0.25) is 0 Å². The quantitative estimate of drug-likeness (QED) is 0.455. The topological polar surface area (TPSA) is 75.0 Å². The minimum Gasteiger partial charge on any atom is -0.493 e. The van der Waals surface area contributed by atoms with Crippen LogP contribution in [0.1, 0.15) is 17.1 Å². The molecule has 0 unspecified atom stereocenters. The molecule has 0 saturated heterocycles. The summed E-state index contributed by atoms with van der Waals surface area (Å²) in [6, 6.07) is 8.46. The highest BCUT2D eigenvalue weighted by molar-refractivity contribution is 5.89. The van der Waals surface area contributed by atoms with Crippen molar-refractivity contribution in [3.05, 3.63) is 59.6 Å². The van der Waals surface area contributed by atoms with E-state index >= 15 is 0 Å². The summed E-state index contributed by atoms with van der Waals surface area (Å²) in [5.41, 5.74) is 0.698. The molecule has 0 N–H and O–H groups in total. The second-order valence-corrected chi connectivity index (χ2v) is 4.97. The van der Waals surface area contributed by atoms with E-state index in [0.717, 1.165) is 5.76 Å². The number of hydrogen-bond donors (Lipinski definition) is 0. The van der Waals surface area contributed by atoms with Crippen LogP contribution in [0.4, 0.5) is 0 Å². The van der Waals surface area contributed by atoms with Crippen LogP contribution in [0.5, 0.6) is 11.5 Å². The summed E-state index contributed by atoms with van der Waals surface area (Å²) in [5, 5.41) is 0. The molecule has 130 valence electrons. The zero-order valence-corrected chi connectivity index (χ0v) is 14.1. The Morgan fingerprint density at radius 2 is 1.72 bits per heavy atom. The third-order valence-corrected chi connectivity index (χ3v) is 3.16. The van der Waals surface area contributed by atoms with Gasteiger partial charge in [0, 0.05) is 12.2 Å². The maximum absolute atomic E-state index is 11.9. The van der Waals surface area contributed by atoms with E-state index in [-0.39, 0.29) is 5.75 Å². The average Bonchev–Trinajstić information content (AvgIpc) is 3.04. The normalized spacial score (nSPS) is 11.0. The van der Waals surface area contributed by atoms with E-state index in [1.807, 2.05) is 6.92 Å². The van der Waals surface area contributed by atoms with Crippen molar-refractivity contribution in [2.75, 3.05) is 14.2 Å². The maximum atomic E-state index is 11.9. The molecule has 1 aromatic carbocycles. The van der Waals surface area contributed by atoms with Crippen LogP contribution in [-0.2, 0) is 14.3 Å². The molecule has 0 radical (unpaired) electrons. The summed E-state index contributed by atoms with van der Waals surface area (Å²) in [5.74, 6) is 0.915. The summed E-state index contributed by atoms with van der Waals surface area (Å²) < 4.78 is 20.3. The predicted molar refractivity (Wildman–Crippen MR) is 92.2 cm³/mol. The molecule has 2 rings (SSSR count). The second kappa shape index (κ2) is 8.54. The number of ether oxygens (including phenoxy) is 3. The highest BCUT2D eigenvalue weighted by Crippen LogP contribution is 2.28. The van der Waals surface area contributed by atoms with Crippen molar-refractivity contribution >= 4 is 24.1 Å². The van der Waals surface area contributed by atoms with Crippen LogP contribution < -0.4 is 9.47 Å². The molecule has 6 heteroatoms. The molecule has 0 fully saturated rings. The van der Waals surface area contributed by atoms with Gasteiger partial charge in [-0.2, -0.15) is 0 Å². The molecule has 0 aliphatic heterocycles. The van der Waals surface area contributed by atoms with Gasteiger partial charge in [0.1, 0.15) is 11.5 Å². The van der Waals surface area contributed by atoms with Gasteiger partial charge in [0.05, 0.1) is 14.2 Å². The summed E-state index contributed by atoms with van der Waals surface area (Å²) in [6.07, 6.45) is 5.64. The molecule has 0 aliphatic rings. The van der Waals surface area contributed by atoms with Crippen LogP contribution in [-0.4, -0.2) is 26.2 Å². The second-order valence-electron chi connectivity index (χ2n) is 4.97. The number of hydrogen-bond acceptors (Lipinski definition) is 6. The van der Waals surface area contributed by atoms with Crippen LogP contribution in [0.3, 0.4) is 0 Å². The van der Waals surface area contributed by atoms with Gasteiger partial charge in [-0.05, 0) is 48.9 Å². The fourth-order valence-corrected chi connectivity index (χ4v) is 1.94. The zero-order chi connectivity index (χ0) is 18.2. The van der Waals surface area contributed by atoms with E-state index in [9.17, 15) is 9.59 Å². The van der Waals surface area contributed by atoms with Crippen LogP contribution in [0.15, 0.2) is 46.9 Å². The summed E-state index contributed by atoms with van der Waals surface area (Å²) in [7, 11) is 2.76. The van der Waals surface area contributed by atoms with E-state index in [0.29, 0.717) is 17.1 Å². The molecule has 1 heterocycles. The van der Waals surface area contributed by atoms with E-state index in [4.69, 9.17) is 13.9 Å². The Morgan fingerprint density at radius 1 is 0.960 bits per heavy atom. The van der Waals surface area contributed by atoms with E-state index in [1.165, 1.54) is 32.4 Å². The summed E-state index contributed by atoms with van der Waals surface area (Å²) >= 11 is 0. The Kier molecular flexibility index (Phi) is 6.17. The van der Waals surface area contributed by atoms with Gasteiger partial charge in [-0.1, -0.05) is 6.07 Å². The molecule has 1 aromatic heterocycles. The number of aryl methyl sites for hydroxylation is 1. The van der Waals surface area contributed by atoms with Gasteiger partial charge in [0.25, 0.3) is 0 Å². The number of rotatable bonds is 6. The third kappa shape index (κ3) is 5.39. The SMILES string of the molecule is COC(=O)/C=C/c1ccc(OC(=O)/C=C/c2ccc(C)o2)c(OC)c1. The molecule has 0 aliphatic carbocycles. The highest BCUT2D eigenvalue weighted by atomic mass is 16.6. The molecule has 0 saturated carbocycles. The monoisotopic (exact) mass is 342 g/mol. The van der Waals surface area contributed by atoms with Gasteiger partial charge in [-0.15, -0.1) is 0 Å². The van der Waals surface area contributed by atoms with Gasteiger partial charge in [-0.3, -0.25) is 0 Å². The lowest BCUT2D eigenvalue weighted by molar-refractivity contribution is -0.134. The first-order valence-corrected chi connectivity index (χ1v) is 7.42. The molecule has 0 bridgehead atoms. The summed E-state index contributed by atoms with van der Waals surface area (Å²) in [6.45, 7) is 1.82. The fourth-order valence-electron chi connectivity index (χ4n) is 1.94. The van der Waals surface area contributed by atoms with Crippen molar-refractivity contribution in [1.82, 2.24) is 0 Å². The van der Waals surface area contributed by atoms with Crippen molar-refractivity contribution in [1.29, 1.82) is 0 Å². The van der Waals surface area contributed by atoms with Crippen molar-refractivity contribution in [3.8, 4) is 11.5 Å². The number of carbonyl (C=O) groups excluding carboxylic acids is 2. The molecule has 0 atom stereocenters. The van der Waals surface area contributed by atoms with Gasteiger partial charge >= 0.3 is 11.9 Å². The molecule has 0 amide bonds. The lowest BCUT2D eigenvalue weighted by atomic mass is 10.2. The first kappa shape index (κ1) is 18.1. The lowest BCUT2D eigenvalue weighted by Crippen LogP contribution is -2.05. The van der Waals surface area contributed by atoms with E-state index < -0.39 is 11.9 Å². The first-order valence-electron chi connectivity index (χ1n) is 7.42. The third-order valence-electron chi connectivity index (χ3n) is 3.16. The Morgan fingerprint density at radius 3 is 2.36 bits per heavy atom. The summed E-state index contributed by atoms with van der Waals surface area (Å²) in [4.78, 5) is 23.0. The van der Waals surface area contributed by atoms with Gasteiger partial charge in [0.15, 0.2) is 11.5 Å². The Labute approximate surface area is 145 Å². The molecular weight excluding hydrogens is 324 g/mol. The van der Waals surface area contributed by atoms with Crippen LogP contribution in [0.25, 0.3) is 12.2 Å². The van der Waals surface area contributed by atoms with Crippen molar-refractivity contribution in [3.63, 3.8) is 0 Å². The van der Waals surface area contributed by atoms with Crippen LogP contribution in [0, 0.1) is 6.92 Å². The van der Waals surface area contributed by atoms with E-state index in [1.54, 1.807) is 36.4 Å².